The molecule has 1 atom stereocenters. The Morgan fingerprint density at radius 2 is 2.12 bits per heavy atom. The molecule has 1 fully saturated rings. The van der Waals surface area contributed by atoms with Crippen LogP contribution in [0.5, 0.6) is 5.75 Å². The highest BCUT2D eigenvalue weighted by Gasteiger charge is 2.33. The lowest BCUT2D eigenvalue weighted by Gasteiger charge is -2.42. The molecule has 1 heterocycles. The van der Waals surface area contributed by atoms with Gasteiger partial charge in [0.2, 0.25) is 5.91 Å². The quantitative estimate of drug-likeness (QED) is 0.817. The minimum atomic E-state index is 0. The molecule has 1 unspecified atom stereocenters. The summed E-state index contributed by atoms with van der Waals surface area (Å²) < 4.78 is 5.32. The third-order valence-electron chi connectivity index (χ3n) is 4.67. The van der Waals surface area contributed by atoms with Crippen molar-refractivity contribution in [3.63, 3.8) is 0 Å². The monoisotopic (exact) mass is 355 g/mol. The second kappa shape index (κ2) is 9.25. The normalized spacial score (nSPS) is 20.1. The number of methoxy groups -OCH3 is 1. The molecular formula is C18H30ClN3O2. The Kier molecular flexibility index (Phi) is 8.00. The van der Waals surface area contributed by atoms with Crippen molar-refractivity contribution in [2.24, 2.45) is 11.1 Å². The van der Waals surface area contributed by atoms with Crippen LogP contribution in [0.1, 0.15) is 25.8 Å². The van der Waals surface area contributed by atoms with Crippen LogP contribution in [0.3, 0.4) is 0 Å². The van der Waals surface area contributed by atoms with E-state index in [0.717, 1.165) is 37.2 Å². The van der Waals surface area contributed by atoms with Gasteiger partial charge in [-0.05, 0) is 29.9 Å². The number of para-hydroxylation sites is 1. The molecule has 5 nitrogen and oxygen atoms in total. The van der Waals surface area contributed by atoms with Crippen molar-refractivity contribution in [2.45, 2.75) is 32.7 Å². The van der Waals surface area contributed by atoms with Gasteiger partial charge in [0.1, 0.15) is 5.75 Å². The predicted molar refractivity (Wildman–Crippen MR) is 99.8 cm³/mol. The molecule has 0 aliphatic carbocycles. The van der Waals surface area contributed by atoms with Crippen LogP contribution in [0.2, 0.25) is 0 Å². The van der Waals surface area contributed by atoms with Gasteiger partial charge in [0, 0.05) is 25.7 Å². The fraction of sp³-hybridized carbons (Fsp3) is 0.611. The first-order valence-electron chi connectivity index (χ1n) is 8.29. The average molecular weight is 356 g/mol. The van der Waals surface area contributed by atoms with Crippen molar-refractivity contribution in [3.05, 3.63) is 29.8 Å². The summed E-state index contributed by atoms with van der Waals surface area (Å²) in [6, 6.07) is 8.12. The number of hydrogen-bond donors (Lipinski definition) is 2. The predicted octanol–water partition coefficient (Wildman–Crippen LogP) is 1.83. The van der Waals surface area contributed by atoms with Crippen LogP contribution >= 0.6 is 12.4 Å². The lowest BCUT2D eigenvalue weighted by Crippen LogP contribution is -2.54. The Morgan fingerprint density at radius 1 is 1.42 bits per heavy atom. The van der Waals surface area contributed by atoms with E-state index in [4.69, 9.17) is 10.5 Å². The highest BCUT2D eigenvalue weighted by molar-refractivity contribution is 5.85. The third-order valence-corrected chi connectivity index (χ3v) is 4.67. The first-order valence-corrected chi connectivity index (χ1v) is 8.29. The molecule has 2 rings (SSSR count). The van der Waals surface area contributed by atoms with Gasteiger partial charge in [-0.25, -0.2) is 0 Å². The van der Waals surface area contributed by atoms with Crippen LogP contribution in [-0.2, 0) is 11.2 Å². The van der Waals surface area contributed by atoms with E-state index in [1.165, 1.54) is 0 Å². The van der Waals surface area contributed by atoms with Gasteiger partial charge in [-0.2, -0.15) is 0 Å². The number of rotatable bonds is 6. The summed E-state index contributed by atoms with van der Waals surface area (Å²) >= 11 is 0. The molecule has 1 aromatic carbocycles. The average Bonchev–Trinajstić information content (AvgIpc) is 2.51. The van der Waals surface area contributed by atoms with E-state index in [2.05, 4.69) is 24.1 Å². The van der Waals surface area contributed by atoms with Gasteiger partial charge in [-0.15, -0.1) is 12.4 Å². The van der Waals surface area contributed by atoms with Crippen molar-refractivity contribution < 1.29 is 9.53 Å². The smallest absolute Gasteiger partial charge is 0.234 e. The number of halogens is 1. The summed E-state index contributed by atoms with van der Waals surface area (Å²) in [5.74, 6) is 0.944. The standard InChI is InChI=1S/C18H29N3O2.ClH/c1-18(2)13-21(11-9-16(18)19)12-17(22)20-10-8-14-6-4-5-7-15(14)23-3;/h4-7,16H,8-13,19H2,1-3H3,(H,20,22);1H. The van der Waals surface area contributed by atoms with E-state index < -0.39 is 0 Å². The van der Waals surface area contributed by atoms with Gasteiger partial charge in [0.05, 0.1) is 13.7 Å². The molecule has 1 aromatic rings. The third kappa shape index (κ3) is 5.65. The lowest BCUT2D eigenvalue weighted by molar-refractivity contribution is -0.123. The van der Waals surface area contributed by atoms with E-state index in [1.54, 1.807) is 7.11 Å². The Balaban J connectivity index is 0.00000288. The van der Waals surface area contributed by atoms with E-state index in [0.29, 0.717) is 13.1 Å². The number of piperidine rings is 1. The topological polar surface area (TPSA) is 67.6 Å². The largest absolute Gasteiger partial charge is 0.496 e. The van der Waals surface area contributed by atoms with Crippen LogP contribution in [0, 0.1) is 5.41 Å². The van der Waals surface area contributed by atoms with Gasteiger partial charge in [0.15, 0.2) is 0 Å². The van der Waals surface area contributed by atoms with Gasteiger partial charge < -0.3 is 15.8 Å². The molecule has 0 spiro atoms. The Hall–Kier alpha value is -1.30. The maximum absolute atomic E-state index is 12.1. The molecular weight excluding hydrogens is 326 g/mol. The number of nitrogens with zero attached hydrogens (tertiary/aromatic N) is 1. The summed E-state index contributed by atoms with van der Waals surface area (Å²) in [5.41, 5.74) is 7.32. The highest BCUT2D eigenvalue weighted by Crippen LogP contribution is 2.27. The summed E-state index contributed by atoms with van der Waals surface area (Å²) in [4.78, 5) is 14.3. The Bertz CT molecular complexity index is 537. The van der Waals surface area contributed by atoms with Crippen LogP contribution in [0.15, 0.2) is 24.3 Å². The number of amides is 1. The summed E-state index contributed by atoms with van der Waals surface area (Å²) in [6.07, 6.45) is 1.72. The Labute approximate surface area is 151 Å². The molecule has 1 aliphatic rings. The second-order valence-electron chi connectivity index (χ2n) is 7.01. The summed E-state index contributed by atoms with van der Waals surface area (Å²) in [5, 5.41) is 3.00. The maximum atomic E-state index is 12.1. The number of carbonyl (C=O) groups excluding carboxylic acids is 1. The molecule has 6 heteroatoms. The van der Waals surface area contributed by atoms with E-state index in [-0.39, 0.29) is 29.8 Å². The van der Waals surface area contributed by atoms with Crippen molar-refractivity contribution >= 4 is 18.3 Å². The minimum absolute atomic E-state index is 0. The van der Waals surface area contributed by atoms with Crippen LogP contribution in [0.4, 0.5) is 0 Å². The highest BCUT2D eigenvalue weighted by atomic mass is 35.5. The van der Waals surface area contributed by atoms with Crippen molar-refractivity contribution in [3.8, 4) is 5.75 Å². The zero-order valence-corrected chi connectivity index (χ0v) is 15.7. The molecule has 3 N–H and O–H groups in total. The molecule has 1 aliphatic heterocycles. The van der Waals surface area contributed by atoms with Crippen molar-refractivity contribution in [1.82, 2.24) is 10.2 Å². The van der Waals surface area contributed by atoms with Gasteiger partial charge in [0.25, 0.3) is 0 Å². The minimum Gasteiger partial charge on any atom is -0.496 e. The molecule has 0 aromatic heterocycles. The van der Waals surface area contributed by atoms with E-state index >= 15 is 0 Å². The number of nitrogens with two attached hydrogens (primary N) is 1. The number of benzene rings is 1. The fourth-order valence-corrected chi connectivity index (χ4v) is 3.13. The number of carbonyl (C=O) groups is 1. The van der Waals surface area contributed by atoms with E-state index in [1.807, 2.05) is 24.3 Å². The molecule has 0 radical (unpaired) electrons. The molecule has 0 saturated carbocycles. The number of likely N-dealkylation sites (tertiary alicyclic amines) is 1. The van der Waals surface area contributed by atoms with Crippen molar-refractivity contribution in [2.75, 3.05) is 33.3 Å². The molecule has 136 valence electrons. The first kappa shape index (κ1) is 20.7. The molecule has 1 amide bonds. The number of hydrogen-bond acceptors (Lipinski definition) is 4. The van der Waals surface area contributed by atoms with Crippen LogP contribution in [0.25, 0.3) is 0 Å². The van der Waals surface area contributed by atoms with E-state index in [9.17, 15) is 4.79 Å². The fourth-order valence-electron chi connectivity index (χ4n) is 3.13. The SMILES string of the molecule is COc1ccccc1CCNC(=O)CN1CCC(N)C(C)(C)C1.Cl. The van der Waals surface area contributed by atoms with Crippen molar-refractivity contribution in [1.29, 1.82) is 0 Å². The first-order chi connectivity index (χ1) is 10.9. The zero-order valence-electron chi connectivity index (χ0n) is 14.9. The molecule has 0 bridgehead atoms. The molecule has 1 saturated heterocycles. The van der Waals surface area contributed by atoms with Gasteiger partial charge >= 0.3 is 0 Å². The lowest BCUT2D eigenvalue weighted by atomic mass is 9.80. The van der Waals surface area contributed by atoms with Gasteiger partial charge in [-0.3, -0.25) is 9.69 Å². The van der Waals surface area contributed by atoms with Crippen LogP contribution < -0.4 is 15.8 Å². The Morgan fingerprint density at radius 3 is 2.79 bits per heavy atom. The zero-order chi connectivity index (χ0) is 16.9. The van der Waals surface area contributed by atoms with Gasteiger partial charge in [-0.1, -0.05) is 32.0 Å². The summed E-state index contributed by atoms with van der Waals surface area (Å²) in [7, 11) is 1.67. The maximum Gasteiger partial charge on any atom is 0.234 e. The molecule has 24 heavy (non-hydrogen) atoms. The number of ether oxygens (including phenoxy) is 1. The number of nitrogens with one attached hydrogen (secondary N) is 1. The second-order valence-corrected chi connectivity index (χ2v) is 7.01. The van der Waals surface area contributed by atoms with Crippen LogP contribution in [-0.4, -0.2) is 50.1 Å². The summed E-state index contributed by atoms with van der Waals surface area (Å²) in [6.45, 7) is 7.17.